The molecule has 4 heteroatoms. The van der Waals surface area contributed by atoms with Crippen LogP contribution in [-0.2, 0) is 14.3 Å². The molecule has 0 unspecified atom stereocenters. The molecule has 1 N–H and O–H groups in total. The molecule has 1 rings (SSSR count). The third kappa shape index (κ3) is 6.16. The minimum Gasteiger partial charge on any atom is -0.459 e. The average molecular weight is 308 g/mol. The lowest BCUT2D eigenvalue weighted by Crippen LogP contribution is -2.23. The molecule has 0 fully saturated rings. The highest BCUT2D eigenvalue weighted by Crippen LogP contribution is 2.19. The summed E-state index contributed by atoms with van der Waals surface area (Å²) in [6, 6.07) is 0. The van der Waals surface area contributed by atoms with Gasteiger partial charge in [-0.3, -0.25) is 0 Å². The molecule has 0 amide bonds. The van der Waals surface area contributed by atoms with Crippen LogP contribution >= 0.6 is 0 Å². The van der Waals surface area contributed by atoms with Crippen molar-refractivity contribution in [2.24, 2.45) is 5.92 Å². The van der Waals surface area contributed by atoms with Gasteiger partial charge in [-0.05, 0) is 51.2 Å². The number of aliphatic hydroxyl groups is 1. The van der Waals surface area contributed by atoms with Crippen molar-refractivity contribution in [2.45, 2.75) is 58.3 Å². The van der Waals surface area contributed by atoms with Gasteiger partial charge in [-0.1, -0.05) is 25.2 Å². The Morgan fingerprint density at radius 2 is 2.05 bits per heavy atom. The van der Waals surface area contributed by atoms with Crippen molar-refractivity contribution >= 4 is 5.97 Å². The molecule has 0 saturated carbocycles. The van der Waals surface area contributed by atoms with Crippen molar-refractivity contribution in [1.82, 2.24) is 0 Å². The molecular weight excluding hydrogens is 280 g/mol. The second-order valence-corrected chi connectivity index (χ2v) is 6.22. The number of cyclic esters (lactones) is 1. The van der Waals surface area contributed by atoms with Crippen LogP contribution in [0.4, 0.5) is 0 Å². The van der Waals surface area contributed by atoms with Crippen molar-refractivity contribution in [3.05, 3.63) is 36.0 Å². The average Bonchev–Trinajstić information content (AvgIpc) is 2.44. The SMILES string of the molecule is CO[C@H]1/C=C/[C@@](C)(O)/C=C/C(=O)O[C@H](C)[C@@H](C)CC/C=C/1C. The van der Waals surface area contributed by atoms with E-state index >= 15 is 0 Å². The minimum absolute atomic E-state index is 0.160. The van der Waals surface area contributed by atoms with E-state index in [2.05, 4.69) is 13.0 Å². The second-order valence-electron chi connectivity index (χ2n) is 6.22. The van der Waals surface area contributed by atoms with Crippen molar-refractivity contribution < 1.29 is 19.4 Å². The van der Waals surface area contributed by atoms with Gasteiger partial charge < -0.3 is 14.6 Å². The fourth-order valence-corrected chi connectivity index (χ4v) is 2.25. The Bertz CT molecular complexity index is 460. The Morgan fingerprint density at radius 3 is 2.68 bits per heavy atom. The first kappa shape index (κ1) is 18.7. The molecule has 1 heterocycles. The molecule has 0 saturated heterocycles. The van der Waals surface area contributed by atoms with Crippen LogP contribution in [0.5, 0.6) is 0 Å². The maximum absolute atomic E-state index is 11.8. The highest BCUT2D eigenvalue weighted by Gasteiger charge is 2.18. The number of methoxy groups -OCH3 is 1. The van der Waals surface area contributed by atoms with Crippen LogP contribution < -0.4 is 0 Å². The summed E-state index contributed by atoms with van der Waals surface area (Å²) in [4.78, 5) is 11.8. The summed E-state index contributed by atoms with van der Waals surface area (Å²) < 4.78 is 10.8. The number of esters is 1. The van der Waals surface area contributed by atoms with Gasteiger partial charge in [-0.25, -0.2) is 4.79 Å². The van der Waals surface area contributed by atoms with E-state index in [9.17, 15) is 9.90 Å². The van der Waals surface area contributed by atoms with E-state index in [1.54, 1.807) is 26.2 Å². The molecule has 0 aromatic rings. The molecule has 0 aromatic heterocycles. The molecule has 0 spiro atoms. The van der Waals surface area contributed by atoms with E-state index in [4.69, 9.17) is 9.47 Å². The van der Waals surface area contributed by atoms with Crippen LogP contribution in [0.2, 0.25) is 0 Å². The van der Waals surface area contributed by atoms with Crippen LogP contribution in [-0.4, -0.2) is 36.0 Å². The lowest BCUT2D eigenvalue weighted by atomic mass is 9.97. The summed E-state index contributed by atoms with van der Waals surface area (Å²) >= 11 is 0. The number of carbonyl (C=O) groups excluding carboxylic acids is 1. The van der Waals surface area contributed by atoms with Gasteiger partial charge in [0, 0.05) is 13.2 Å². The Labute approximate surface area is 133 Å². The quantitative estimate of drug-likeness (QED) is 0.597. The minimum atomic E-state index is -1.23. The van der Waals surface area contributed by atoms with Gasteiger partial charge in [0.05, 0.1) is 11.7 Å². The molecule has 1 aliphatic rings. The van der Waals surface area contributed by atoms with E-state index in [0.717, 1.165) is 18.4 Å². The van der Waals surface area contributed by atoms with Gasteiger partial charge in [0.2, 0.25) is 0 Å². The van der Waals surface area contributed by atoms with E-state index in [1.165, 1.54) is 12.2 Å². The molecule has 22 heavy (non-hydrogen) atoms. The Hall–Kier alpha value is -1.39. The first-order valence-electron chi connectivity index (χ1n) is 7.76. The summed E-state index contributed by atoms with van der Waals surface area (Å²) in [6.45, 7) is 7.59. The molecule has 0 aliphatic carbocycles. The molecule has 4 atom stereocenters. The maximum Gasteiger partial charge on any atom is 0.330 e. The molecule has 4 nitrogen and oxygen atoms in total. The van der Waals surface area contributed by atoms with Gasteiger partial charge in [0.15, 0.2) is 0 Å². The zero-order valence-electron chi connectivity index (χ0n) is 14.2. The topological polar surface area (TPSA) is 55.8 Å². The van der Waals surface area contributed by atoms with Crippen LogP contribution in [0, 0.1) is 5.92 Å². The maximum atomic E-state index is 11.8. The van der Waals surface area contributed by atoms with Gasteiger partial charge in [-0.2, -0.15) is 0 Å². The second kappa shape index (κ2) is 8.30. The molecule has 124 valence electrons. The lowest BCUT2D eigenvalue weighted by molar-refractivity contribution is -0.144. The summed E-state index contributed by atoms with van der Waals surface area (Å²) in [7, 11) is 1.64. The number of hydrogen-bond donors (Lipinski definition) is 1. The summed E-state index contributed by atoms with van der Waals surface area (Å²) in [5, 5.41) is 10.3. The predicted octanol–water partition coefficient (Wildman–Crippen LogP) is 3.17. The predicted molar refractivity (Wildman–Crippen MR) is 87.4 cm³/mol. The summed E-state index contributed by atoms with van der Waals surface area (Å²) in [5.41, 5.74) is -0.123. The van der Waals surface area contributed by atoms with E-state index in [0.29, 0.717) is 0 Å². The number of hydrogen-bond acceptors (Lipinski definition) is 4. The molecule has 0 bridgehead atoms. The fourth-order valence-electron chi connectivity index (χ4n) is 2.25. The lowest BCUT2D eigenvalue weighted by Gasteiger charge is -2.21. The molecule has 0 radical (unpaired) electrons. The summed E-state index contributed by atoms with van der Waals surface area (Å²) in [6.07, 6.45) is 9.78. The Morgan fingerprint density at radius 1 is 1.36 bits per heavy atom. The summed E-state index contributed by atoms with van der Waals surface area (Å²) in [5.74, 6) is -0.165. The highest BCUT2D eigenvalue weighted by atomic mass is 16.5. The standard InChI is InChI=1S/C18H28O4/c1-13-7-6-8-14(2)16(21-5)9-11-18(4,20)12-10-17(19)22-15(13)3/h8-13,15-16,20H,6-7H2,1-5H3/b11-9+,12-10+,14-8+/t13-,15+,16-,18+/m0/s1. The van der Waals surface area contributed by atoms with Crippen LogP contribution in [0.25, 0.3) is 0 Å². The van der Waals surface area contributed by atoms with Crippen molar-refractivity contribution in [2.75, 3.05) is 7.11 Å². The Balaban J connectivity index is 3.04. The zero-order chi connectivity index (χ0) is 16.8. The van der Waals surface area contributed by atoms with E-state index < -0.39 is 11.6 Å². The van der Waals surface area contributed by atoms with Crippen molar-refractivity contribution in [3.8, 4) is 0 Å². The number of ether oxygens (including phenoxy) is 2. The van der Waals surface area contributed by atoms with E-state index in [-0.39, 0.29) is 18.1 Å². The number of carbonyl (C=O) groups is 1. The largest absolute Gasteiger partial charge is 0.459 e. The normalized spacial score (nSPS) is 40.0. The third-order valence-corrected chi connectivity index (χ3v) is 4.06. The highest BCUT2D eigenvalue weighted by molar-refractivity contribution is 5.82. The number of allylic oxidation sites excluding steroid dienone is 1. The van der Waals surface area contributed by atoms with Gasteiger partial charge >= 0.3 is 5.97 Å². The smallest absolute Gasteiger partial charge is 0.330 e. The Kier molecular flexibility index (Phi) is 7.04. The van der Waals surface area contributed by atoms with Gasteiger partial charge in [-0.15, -0.1) is 0 Å². The number of rotatable bonds is 1. The monoisotopic (exact) mass is 308 g/mol. The van der Waals surface area contributed by atoms with Crippen LogP contribution in [0.1, 0.15) is 40.5 Å². The van der Waals surface area contributed by atoms with Gasteiger partial charge in [0.1, 0.15) is 6.10 Å². The van der Waals surface area contributed by atoms with Crippen LogP contribution in [0.3, 0.4) is 0 Å². The van der Waals surface area contributed by atoms with Crippen molar-refractivity contribution in [3.63, 3.8) is 0 Å². The zero-order valence-corrected chi connectivity index (χ0v) is 14.2. The molecular formula is C18H28O4. The molecule has 1 aliphatic heterocycles. The third-order valence-electron chi connectivity index (χ3n) is 4.06. The molecule has 0 aromatic carbocycles. The van der Waals surface area contributed by atoms with Crippen LogP contribution in [0.15, 0.2) is 36.0 Å². The fraction of sp³-hybridized carbons (Fsp3) is 0.611. The van der Waals surface area contributed by atoms with Crippen molar-refractivity contribution in [1.29, 1.82) is 0 Å². The first-order chi connectivity index (χ1) is 10.2. The van der Waals surface area contributed by atoms with Gasteiger partial charge in [0.25, 0.3) is 0 Å². The van der Waals surface area contributed by atoms with E-state index in [1.807, 2.05) is 13.8 Å². The first-order valence-corrected chi connectivity index (χ1v) is 7.76.